The van der Waals surface area contributed by atoms with Gasteiger partial charge in [-0.15, -0.1) is 11.8 Å². The van der Waals surface area contributed by atoms with E-state index in [1.807, 2.05) is 0 Å². The molecular formula is C19H34N2O5S. The Morgan fingerprint density at radius 1 is 1.22 bits per heavy atom. The lowest BCUT2D eigenvalue weighted by molar-refractivity contribution is -0.206. The van der Waals surface area contributed by atoms with Crippen molar-refractivity contribution in [2.45, 2.75) is 87.4 Å². The second-order valence-corrected chi connectivity index (χ2v) is 9.17. The highest BCUT2D eigenvalue weighted by atomic mass is 32.2. The van der Waals surface area contributed by atoms with E-state index in [1.54, 1.807) is 6.26 Å². The van der Waals surface area contributed by atoms with Gasteiger partial charge in [0.25, 0.3) is 0 Å². The second kappa shape index (κ2) is 9.41. The van der Waals surface area contributed by atoms with Crippen LogP contribution < -0.4 is 10.6 Å². The summed E-state index contributed by atoms with van der Waals surface area (Å²) in [6.07, 6.45) is 3.58. The van der Waals surface area contributed by atoms with Crippen molar-refractivity contribution in [1.82, 2.24) is 10.6 Å². The molecule has 2 aliphatic heterocycles. The third kappa shape index (κ3) is 4.97. The maximum atomic E-state index is 12.9. The van der Waals surface area contributed by atoms with Gasteiger partial charge in [0.15, 0.2) is 0 Å². The molecule has 8 unspecified atom stereocenters. The van der Waals surface area contributed by atoms with Gasteiger partial charge in [-0.1, -0.05) is 19.8 Å². The van der Waals surface area contributed by atoms with E-state index >= 15 is 0 Å². The van der Waals surface area contributed by atoms with Crippen molar-refractivity contribution < 1.29 is 24.9 Å². The molecule has 5 N–H and O–H groups in total. The third-order valence-electron chi connectivity index (χ3n) is 6.16. The van der Waals surface area contributed by atoms with Gasteiger partial charge < -0.3 is 30.7 Å². The Morgan fingerprint density at radius 2 is 1.96 bits per heavy atom. The monoisotopic (exact) mass is 402 g/mol. The Morgan fingerprint density at radius 3 is 2.59 bits per heavy atom. The summed E-state index contributed by atoms with van der Waals surface area (Å²) in [6, 6.07) is -0.568. The summed E-state index contributed by atoms with van der Waals surface area (Å²) in [5, 5.41) is 37.2. The van der Waals surface area contributed by atoms with Crippen LogP contribution in [0.4, 0.5) is 0 Å². The smallest absolute Gasteiger partial charge is 0.237 e. The first-order chi connectivity index (χ1) is 13.0. The summed E-state index contributed by atoms with van der Waals surface area (Å²) < 4.78 is 5.91. The maximum absolute atomic E-state index is 12.9. The van der Waals surface area contributed by atoms with Crippen LogP contribution in [0.2, 0.25) is 0 Å². The van der Waals surface area contributed by atoms with Gasteiger partial charge in [-0.05, 0) is 50.3 Å². The number of ether oxygens (including phenoxy) is 1. The van der Waals surface area contributed by atoms with Gasteiger partial charge in [0.2, 0.25) is 5.91 Å². The fraction of sp³-hybridized carbons (Fsp3) is 0.947. The lowest BCUT2D eigenvalue weighted by Crippen LogP contribution is -2.64. The van der Waals surface area contributed by atoms with Crippen molar-refractivity contribution in [2.24, 2.45) is 11.8 Å². The molecule has 0 aromatic carbocycles. The number of aliphatic hydroxyl groups is 3. The van der Waals surface area contributed by atoms with Crippen LogP contribution in [0.25, 0.3) is 0 Å². The van der Waals surface area contributed by atoms with Crippen molar-refractivity contribution in [3.63, 3.8) is 0 Å². The largest absolute Gasteiger partial charge is 0.388 e. The Kier molecular flexibility index (Phi) is 7.44. The zero-order valence-corrected chi connectivity index (χ0v) is 17.0. The molecule has 1 aliphatic carbocycles. The van der Waals surface area contributed by atoms with Crippen LogP contribution in [-0.2, 0) is 9.53 Å². The van der Waals surface area contributed by atoms with Crippen molar-refractivity contribution in [1.29, 1.82) is 0 Å². The van der Waals surface area contributed by atoms with Gasteiger partial charge in [-0.3, -0.25) is 4.79 Å². The van der Waals surface area contributed by atoms with E-state index in [9.17, 15) is 20.1 Å². The summed E-state index contributed by atoms with van der Waals surface area (Å²) in [4.78, 5) is 12.9. The van der Waals surface area contributed by atoms with Crippen LogP contribution in [-0.4, -0.2) is 76.0 Å². The molecule has 0 radical (unpaired) electrons. The summed E-state index contributed by atoms with van der Waals surface area (Å²) in [7, 11) is 0. The molecule has 1 amide bonds. The molecule has 7 nitrogen and oxygen atoms in total. The molecule has 156 valence electrons. The molecule has 2 saturated heterocycles. The number of amides is 1. The fourth-order valence-corrected chi connectivity index (χ4v) is 5.10. The van der Waals surface area contributed by atoms with Crippen LogP contribution in [0.15, 0.2) is 0 Å². The second-order valence-electron chi connectivity index (χ2n) is 8.23. The predicted octanol–water partition coefficient (Wildman–Crippen LogP) is 0.220. The first-order valence-electron chi connectivity index (χ1n) is 10.2. The average Bonchev–Trinajstić information content (AvgIpc) is 3.50. The Hall–Kier alpha value is -0.380. The molecule has 0 bridgehead atoms. The van der Waals surface area contributed by atoms with Gasteiger partial charge in [-0.2, -0.15) is 0 Å². The van der Waals surface area contributed by atoms with Crippen LogP contribution in [0.1, 0.15) is 45.4 Å². The van der Waals surface area contributed by atoms with Gasteiger partial charge in [0, 0.05) is 0 Å². The van der Waals surface area contributed by atoms with E-state index in [1.165, 1.54) is 11.8 Å². The molecule has 3 aliphatic rings. The number of hydrogen-bond donors (Lipinski definition) is 5. The third-order valence-corrected chi connectivity index (χ3v) is 7.01. The summed E-state index contributed by atoms with van der Waals surface area (Å²) in [6.45, 7) is 3.02. The standard InChI is InChI=1S/C19H34N2O5S/c1-3-4-10-7-8-20-12(9-10)18(25)21-13(11-5-6-11)17-15(23)14(22)16(24)19(26-17)27-2/h10-17,19-20,22-24H,3-9H2,1-2H3,(H,21,25). The molecule has 27 heavy (non-hydrogen) atoms. The van der Waals surface area contributed by atoms with E-state index < -0.39 is 29.9 Å². The molecule has 0 spiro atoms. The van der Waals surface area contributed by atoms with Crippen LogP contribution in [0.5, 0.6) is 0 Å². The van der Waals surface area contributed by atoms with Gasteiger partial charge >= 0.3 is 0 Å². The molecule has 3 rings (SSSR count). The van der Waals surface area contributed by atoms with Crippen molar-refractivity contribution in [3.8, 4) is 0 Å². The minimum atomic E-state index is -1.28. The number of aliphatic hydroxyl groups excluding tert-OH is 3. The highest BCUT2D eigenvalue weighted by Crippen LogP contribution is 2.39. The number of thioether (sulfide) groups is 1. The molecule has 2 heterocycles. The number of carbonyl (C=O) groups excluding carboxylic acids is 1. The first-order valence-corrected chi connectivity index (χ1v) is 11.5. The highest BCUT2D eigenvalue weighted by Gasteiger charge is 2.50. The van der Waals surface area contributed by atoms with E-state index in [2.05, 4.69) is 17.6 Å². The van der Waals surface area contributed by atoms with Gasteiger partial charge in [-0.25, -0.2) is 0 Å². The fourth-order valence-electron chi connectivity index (χ4n) is 4.42. The van der Waals surface area contributed by atoms with Crippen molar-refractivity contribution >= 4 is 17.7 Å². The zero-order chi connectivity index (χ0) is 19.6. The molecule has 3 fully saturated rings. The van der Waals surface area contributed by atoms with E-state index in [-0.39, 0.29) is 23.9 Å². The molecule has 0 aromatic rings. The summed E-state index contributed by atoms with van der Waals surface area (Å²) in [5.41, 5.74) is -0.617. The Labute approximate surface area is 165 Å². The van der Waals surface area contributed by atoms with Crippen molar-refractivity contribution in [3.05, 3.63) is 0 Å². The highest BCUT2D eigenvalue weighted by molar-refractivity contribution is 7.99. The van der Waals surface area contributed by atoms with Crippen LogP contribution >= 0.6 is 11.8 Å². The Bertz CT molecular complexity index is 502. The van der Waals surface area contributed by atoms with E-state index in [4.69, 9.17) is 4.74 Å². The predicted molar refractivity (Wildman–Crippen MR) is 104 cm³/mol. The Balaban J connectivity index is 1.66. The SMILES string of the molecule is CCCC1CCNC(C(=O)NC(C2CC2)C2OC(SC)C(O)C(O)C2O)C1. The summed E-state index contributed by atoms with van der Waals surface area (Å²) >= 11 is 1.30. The molecular weight excluding hydrogens is 368 g/mol. The summed E-state index contributed by atoms with van der Waals surface area (Å²) in [5.74, 6) is 0.763. The minimum absolute atomic E-state index is 0.0511. The van der Waals surface area contributed by atoms with Crippen LogP contribution in [0, 0.1) is 11.8 Å². The lowest BCUT2D eigenvalue weighted by atomic mass is 9.88. The average molecular weight is 403 g/mol. The molecule has 8 heteroatoms. The van der Waals surface area contributed by atoms with E-state index in [0.717, 1.165) is 45.1 Å². The number of rotatable bonds is 7. The maximum Gasteiger partial charge on any atom is 0.237 e. The quantitative estimate of drug-likeness (QED) is 0.414. The molecule has 1 saturated carbocycles. The van der Waals surface area contributed by atoms with Gasteiger partial charge in [0.05, 0.1) is 12.1 Å². The molecule has 0 aromatic heterocycles. The zero-order valence-electron chi connectivity index (χ0n) is 16.2. The number of carbonyl (C=O) groups is 1. The van der Waals surface area contributed by atoms with Crippen LogP contribution in [0.3, 0.4) is 0 Å². The van der Waals surface area contributed by atoms with Crippen molar-refractivity contribution in [2.75, 3.05) is 12.8 Å². The number of piperidine rings is 1. The number of hydrogen-bond acceptors (Lipinski definition) is 7. The normalized spacial score (nSPS) is 41.1. The van der Waals surface area contributed by atoms with E-state index in [0.29, 0.717) is 5.92 Å². The first kappa shape index (κ1) is 21.3. The van der Waals surface area contributed by atoms with Gasteiger partial charge in [0.1, 0.15) is 29.9 Å². The minimum Gasteiger partial charge on any atom is -0.388 e. The lowest BCUT2D eigenvalue weighted by Gasteiger charge is -2.43. The molecule has 8 atom stereocenters. The number of nitrogens with one attached hydrogen (secondary N) is 2. The topological polar surface area (TPSA) is 111 Å².